The Kier molecular flexibility index (Phi) is 4.62. The van der Waals surface area contributed by atoms with Crippen LogP contribution in [0.5, 0.6) is 0 Å². The zero-order chi connectivity index (χ0) is 16.4. The van der Waals surface area contributed by atoms with Crippen LogP contribution in [0.15, 0.2) is 42.5 Å². The highest BCUT2D eigenvalue weighted by atomic mass is 35.5. The summed E-state index contributed by atoms with van der Waals surface area (Å²) >= 11 is 12.1. The van der Waals surface area contributed by atoms with Crippen molar-refractivity contribution < 1.29 is 9.90 Å². The van der Waals surface area contributed by atoms with E-state index in [1.165, 1.54) is 11.1 Å². The smallest absolute Gasteiger partial charge is 0.225 e. The van der Waals surface area contributed by atoms with Gasteiger partial charge in [-0.05, 0) is 47.7 Å². The third kappa shape index (κ3) is 3.52. The molecular formula is C18H17Cl2NO2. The molecule has 0 radical (unpaired) electrons. The lowest BCUT2D eigenvalue weighted by molar-refractivity contribution is -0.122. The molecule has 0 saturated carbocycles. The third-order valence-corrected chi connectivity index (χ3v) is 4.85. The molecule has 0 unspecified atom stereocenters. The fourth-order valence-electron chi connectivity index (χ4n) is 3.13. The average molecular weight is 350 g/mol. The number of amides is 1. The lowest BCUT2D eigenvalue weighted by atomic mass is 9.96. The number of hydrogen-bond acceptors (Lipinski definition) is 2. The van der Waals surface area contributed by atoms with E-state index in [1.54, 1.807) is 18.2 Å². The first-order chi connectivity index (χ1) is 11.0. The molecule has 5 heteroatoms. The van der Waals surface area contributed by atoms with Crippen molar-refractivity contribution >= 4 is 29.1 Å². The highest BCUT2D eigenvalue weighted by Crippen LogP contribution is 2.30. The van der Waals surface area contributed by atoms with Crippen molar-refractivity contribution in [2.24, 2.45) is 0 Å². The van der Waals surface area contributed by atoms with Gasteiger partial charge in [0.1, 0.15) is 0 Å². The Morgan fingerprint density at radius 3 is 2.39 bits per heavy atom. The largest absolute Gasteiger partial charge is 0.394 e. The quantitative estimate of drug-likeness (QED) is 0.890. The lowest BCUT2D eigenvalue weighted by Crippen LogP contribution is -2.52. The van der Waals surface area contributed by atoms with Crippen LogP contribution >= 0.6 is 23.2 Å². The predicted octanol–water partition coefficient (Wildman–Crippen LogP) is 3.18. The molecule has 0 saturated heterocycles. The Morgan fingerprint density at radius 1 is 1.13 bits per heavy atom. The summed E-state index contributed by atoms with van der Waals surface area (Å²) in [6, 6.07) is 13.1. The van der Waals surface area contributed by atoms with Gasteiger partial charge in [0.25, 0.3) is 0 Å². The van der Waals surface area contributed by atoms with E-state index in [-0.39, 0.29) is 18.9 Å². The van der Waals surface area contributed by atoms with E-state index in [1.807, 2.05) is 24.3 Å². The summed E-state index contributed by atoms with van der Waals surface area (Å²) in [6.45, 7) is -0.100. The zero-order valence-corrected chi connectivity index (χ0v) is 14.0. The van der Waals surface area contributed by atoms with Crippen LogP contribution < -0.4 is 5.32 Å². The first-order valence-electron chi connectivity index (χ1n) is 7.44. The number of fused-ring (bicyclic) bond motifs is 1. The molecule has 2 aromatic rings. The van der Waals surface area contributed by atoms with E-state index in [4.69, 9.17) is 23.2 Å². The minimum Gasteiger partial charge on any atom is -0.394 e. The summed E-state index contributed by atoms with van der Waals surface area (Å²) < 4.78 is 0. The molecule has 0 heterocycles. The molecule has 2 aromatic carbocycles. The second kappa shape index (κ2) is 6.52. The molecule has 3 nitrogen and oxygen atoms in total. The molecule has 0 fully saturated rings. The Morgan fingerprint density at radius 2 is 1.78 bits per heavy atom. The van der Waals surface area contributed by atoms with Crippen LogP contribution in [0.2, 0.25) is 10.0 Å². The molecule has 23 heavy (non-hydrogen) atoms. The number of carbonyl (C=O) groups is 1. The number of aliphatic hydroxyl groups excluding tert-OH is 1. The fraction of sp³-hybridized carbons (Fsp3) is 0.278. The lowest BCUT2D eigenvalue weighted by Gasteiger charge is -2.28. The van der Waals surface area contributed by atoms with Gasteiger partial charge in [0, 0.05) is 10.0 Å². The molecule has 0 spiro atoms. The van der Waals surface area contributed by atoms with Gasteiger partial charge >= 0.3 is 0 Å². The number of halogens is 2. The maximum Gasteiger partial charge on any atom is 0.225 e. The molecule has 2 N–H and O–H groups in total. The van der Waals surface area contributed by atoms with Crippen molar-refractivity contribution in [1.82, 2.24) is 5.32 Å². The standard InChI is InChI=1S/C18H17Cl2NO2/c19-15-5-6-16(20)14(7-15)8-17(23)21-18(11-22)9-12-3-1-2-4-13(12)10-18/h1-7,22H,8-11H2,(H,21,23). The molecule has 0 atom stereocenters. The molecule has 0 aliphatic heterocycles. The van der Waals surface area contributed by atoms with Gasteiger partial charge in [0.2, 0.25) is 5.91 Å². The zero-order valence-electron chi connectivity index (χ0n) is 12.5. The summed E-state index contributed by atoms with van der Waals surface area (Å²) in [5, 5.41) is 13.9. The van der Waals surface area contributed by atoms with Gasteiger partial charge in [-0.15, -0.1) is 0 Å². The Labute approximate surface area is 145 Å². The van der Waals surface area contributed by atoms with E-state index in [0.29, 0.717) is 28.5 Å². The number of hydrogen-bond donors (Lipinski definition) is 2. The van der Waals surface area contributed by atoms with E-state index in [0.717, 1.165) is 0 Å². The normalized spacial score (nSPS) is 15.3. The van der Waals surface area contributed by atoms with Crippen LogP contribution in [0.4, 0.5) is 0 Å². The molecule has 0 bridgehead atoms. The maximum absolute atomic E-state index is 12.4. The predicted molar refractivity (Wildman–Crippen MR) is 92.0 cm³/mol. The Balaban J connectivity index is 1.73. The summed E-state index contributed by atoms with van der Waals surface area (Å²) in [7, 11) is 0. The summed E-state index contributed by atoms with van der Waals surface area (Å²) in [5.74, 6) is -0.170. The first-order valence-corrected chi connectivity index (χ1v) is 8.19. The Hall–Kier alpha value is -1.55. The van der Waals surface area contributed by atoms with Crippen molar-refractivity contribution in [3.05, 3.63) is 69.2 Å². The second-order valence-electron chi connectivity index (χ2n) is 6.02. The maximum atomic E-state index is 12.4. The van der Waals surface area contributed by atoms with E-state index >= 15 is 0 Å². The topological polar surface area (TPSA) is 49.3 Å². The number of aliphatic hydroxyl groups is 1. The highest BCUT2D eigenvalue weighted by molar-refractivity contribution is 6.33. The van der Waals surface area contributed by atoms with Crippen molar-refractivity contribution in [3.63, 3.8) is 0 Å². The highest BCUT2D eigenvalue weighted by Gasteiger charge is 2.37. The van der Waals surface area contributed by atoms with Gasteiger partial charge in [-0.25, -0.2) is 0 Å². The SMILES string of the molecule is O=C(Cc1cc(Cl)ccc1Cl)NC1(CO)Cc2ccccc2C1. The van der Waals surface area contributed by atoms with Crippen LogP contribution in [0.25, 0.3) is 0 Å². The number of benzene rings is 2. The monoisotopic (exact) mass is 349 g/mol. The van der Waals surface area contributed by atoms with Crippen LogP contribution in [0, 0.1) is 0 Å². The average Bonchev–Trinajstić information content (AvgIpc) is 2.89. The molecule has 1 amide bonds. The van der Waals surface area contributed by atoms with Gasteiger partial charge in [0.05, 0.1) is 18.6 Å². The summed E-state index contributed by atoms with van der Waals surface area (Å²) in [6.07, 6.45) is 1.40. The number of rotatable bonds is 4. The molecule has 3 rings (SSSR count). The van der Waals surface area contributed by atoms with Crippen molar-refractivity contribution in [2.45, 2.75) is 24.8 Å². The van der Waals surface area contributed by atoms with Crippen LogP contribution in [-0.2, 0) is 24.1 Å². The van der Waals surface area contributed by atoms with E-state index in [2.05, 4.69) is 5.32 Å². The molecule has 120 valence electrons. The second-order valence-corrected chi connectivity index (χ2v) is 6.87. The molecule has 1 aliphatic carbocycles. The first kappa shape index (κ1) is 16.3. The number of carbonyl (C=O) groups excluding carboxylic acids is 1. The van der Waals surface area contributed by atoms with E-state index in [9.17, 15) is 9.90 Å². The third-order valence-electron chi connectivity index (χ3n) is 4.24. The minimum absolute atomic E-state index is 0.100. The summed E-state index contributed by atoms with van der Waals surface area (Å²) in [5.41, 5.74) is 2.39. The molecule has 0 aromatic heterocycles. The van der Waals surface area contributed by atoms with Crippen LogP contribution in [0.1, 0.15) is 16.7 Å². The minimum atomic E-state index is -0.633. The van der Waals surface area contributed by atoms with Gasteiger partial charge in [-0.2, -0.15) is 0 Å². The van der Waals surface area contributed by atoms with Gasteiger partial charge in [-0.3, -0.25) is 4.79 Å². The molecule has 1 aliphatic rings. The van der Waals surface area contributed by atoms with Gasteiger partial charge < -0.3 is 10.4 Å². The molecular weight excluding hydrogens is 333 g/mol. The van der Waals surface area contributed by atoms with Crippen LogP contribution in [0.3, 0.4) is 0 Å². The van der Waals surface area contributed by atoms with Gasteiger partial charge in [0.15, 0.2) is 0 Å². The Bertz CT molecular complexity index is 721. The number of nitrogens with one attached hydrogen (secondary N) is 1. The van der Waals surface area contributed by atoms with E-state index < -0.39 is 5.54 Å². The van der Waals surface area contributed by atoms with Crippen molar-refractivity contribution in [2.75, 3.05) is 6.61 Å². The summed E-state index contributed by atoms with van der Waals surface area (Å²) in [4.78, 5) is 12.4. The van der Waals surface area contributed by atoms with Crippen LogP contribution in [-0.4, -0.2) is 23.2 Å². The van der Waals surface area contributed by atoms with Crippen molar-refractivity contribution in [3.8, 4) is 0 Å². The van der Waals surface area contributed by atoms with Gasteiger partial charge in [-0.1, -0.05) is 47.5 Å². The fourth-order valence-corrected chi connectivity index (χ4v) is 3.50. The van der Waals surface area contributed by atoms with Crippen molar-refractivity contribution in [1.29, 1.82) is 0 Å².